The van der Waals surface area contributed by atoms with Gasteiger partial charge in [-0.25, -0.2) is 0 Å². The number of aromatic nitrogens is 1. The molecule has 84 valence electrons. The third kappa shape index (κ3) is 1.69. The lowest BCUT2D eigenvalue weighted by Gasteiger charge is -2.18. The first-order valence-electron chi connectivity index (χ1n) is 5.02. The van der Waals surface area contributed by atoms with Gasteiger partial charge in [0.2, 0.25) is 0 Å². The molecule has 0 spiro atoms. The number of carboxylic acid groups (broad SMARTS) is 1. The Balaban J connectivity index is 2.37. The molecule has 5 heteroatoms. The van der Waals surface area contributed by atoms with Crippen LogP contribution in [0.1, 0.15) is 17.9 Å². The molecule has 1 fully saturated rings. The van der Waals surface area contributed by atoms with Crippen molar-refractivity contribution in [3.8, 4) is 0 Å². The highest BCUT2D eigenvalue weighted by Gasteiger charge is 2.44. The number of hydrogen-bond donors (Lipinski definition) is 2. The Morgan fingerprint density at radius 3 is 2.88 bits per heavy atom. The number of nitrogens with zero attached hydrogens (tertiary/aromatic N) is 1. The Labute approximate surface area is 92.3 Å². The smallest absolute Gasteiger partial charge is 0.307 e. The van der Waals surface area contributed by atoms with Gasteiger partial charge in [-0.05, 0) is 11.6 Å². The number of rotatable bonds is 2. The van der Waals surface area contributed by atoms with Crippen LogP contribution >= 0.6 is 0 Å². The van der Waals surface area contributed by atoms with Crippen LogP contribution in [0.2, 0.25) is 0 Å². The number of carboxylic acids is 1. The first-order valence-corrected chi connectivity index (χ1v) is 5.02. The molecule has 1 aromatic rings. The normalized spacial score (nSPS) is 29.3. The van der Waals surface area contributed by atoms with Gasteiger partial charge in [-0.15, -0.1) is 0 Å². The van der Waals surface area contributed by atoms with Gasteiger partial charge in [0.15, 0.2) is 5.78 Å². The average Bonchev–Trinajstić information content (AvgIpc) is 2.57. The summed E-state index contributed by atoms with van der Waals surface area (Å²) >= 11 is 0. The quantitative estimate of drug-likeness (QED) is 0.740. The number of aliphatic carboxylic acids is 1. The minimum atomic E-state index is -0.977. The number of carbonyl (C=O) groups excluding carboxylic acids is 1. The summed E-state index contributed by atoms with van der Waals surface area (Å²) < 4.78 is 0. The molecule has 1 aliphatic carbocycles. The summed E-state index contributed by atoms with van der Waals surface area (Å²) in [5.74, 6) is -2.36. The zero-order valence-electron chi connectivity index (χ0n) is 8.54. The number of ketones is 1. The highest BCUT2D eigenvalue weighted by Crippen LogP contribution is 2.36. The van der Waals surface area contributed by atoms with E-state index in [1.165, 1.54) is 0 Å². The Hall–Kier alpha value is -1.75. The van der Waals surface area contributed by atoms with E-state index >= 15 is 0 Å². The number of hydrogen-bond acceptors (Lipinski definition) is 4. The monoisotopic (exact) mass is 220 g/mol. The van der Waals surface area contributed by atoms with Crippen LogP contribution in [0.25, 0.3) is 0 Å². The van der Waals surface area contributed by atoms with E-state index in [1.807, 2.05) is 0 Å². The van der Waals surface area contributed by atoms with Crippen molar-refractivity contribution in [1.29, 1.82) is 0 Å². The minimum Gasteiger partial charge on any atom is -0.481 e. The number of nitrogens with two attached hydrogens (primary N) is 1. The summed E-state index contributed by atoms with van der Waals surface area (Å²) in [6, 6.07) is 2.74. The Morgan fingerprint density at radius 1 is 1.56 bits per heavy atom. The predicted molar refractivity (Wildman–Crippen MR) is 55.7 cm³/mol. The van der Waals surface area contributed by atoms with Gasteiger partial charge in [-0.3, -0.25) is 14.6 Å². The molecule has 16 heavy (non-hydrogen) atoms. The predicted octanol–water partition coefficient (Wildman–Crippen LogP) is 0.166. The maximum atomic E-state index is 11.5. The van der Waals surface area contributed by atoms with Gasteiger partial charge in [-0.1, -0.05) is 6.07 Å². The van der Waals surface area contributed by atoms with E-state index < -0.39 is 23.8 Å². The van der Waals surface area contributed by atoms with Crippen molar-refractivity contribution in [3.05, 3.63) is 30.1 Å². The highest BCUT2D eigenvalue weighted by atomic mass is 16.4. The fourth-order valence-corrected chi connectivity index (χ4v) is 2.18. The van der Waals surface area contributed by atoms with E-state index in [2.05, 4.69) is 4.98 Å². The molecule has 0 bridgehead atoms. The van der Waals surface area contributed by atoms with Crippen molar-refractivity contribution < 1.29 is 14.7 Å². The van der Waals surface area contributed by atoms with Gasteiger partial charge >= 0.3 is 5.97 Å². The third-order valence-electron chi connectivity index (χ3n) is 3.00. The van der Waals surface area contributed by atoms with Crippen molar-refractivity contribution in [2.24, 2.45) is 11.7 Å². The lowest BCUT2D eigenvalue weighted by Crippen LogP contribution is -2.32. The Morgan fingerprint density at radius 2 is 2.31 bits per heavy atom. The van der Waals surface area contributed by atoms with Crippen LogP contribution in [-0.2, 0) is 9.59 Å². The topological polar surface area (TPSA) is 93.3 Å². The summed E-state index contributed by atoms with van der Waals surface area (Å²) in [7, 11) is 0. The fraction of sp³-hybridized carbons (Fsp3) is 0.364. The van der Waals surface area contributed by atoms with E-state index in [1.54, 1.807) is 24.5 Å². The molecule has 1 unspecified atom stereocenters. The van der Waals surface area contributed by atoms with Crippen LogP contribution in [0.4, 0.5) is 0 Å². The molecule has 2 rings (SSSR count). The summed E-state index contributed by atoms with van der Waals surface area (Å²) in [6.07, 6.45) is 3.18. The van der Waals surface area contributed by atoms with Crippen LogP contribution in [0, 0.1) is 5.92 Å². The summed E-state index contributed by atoms with van der Waals surface area (Å²) in [4.78, 5) is 26.4. The highest BCUT2D eigenvalue weighted by molar-refractivity contribution is 5.93. The second-order valence-electron chi connectivity index (χ2n) is 3.95. The fourth-order valence-electron chi connectivity index (χ4n) is 2.18. The van der Waals surface area contributed by atoms with Gasteiger partial charge < -0.3 is 10.8 Å². The van der Waals surface area contributed by atoms with Crippen LogP contribution in [0.3, 0.4) is 0 Å². The number of pyridine rings is 1. The van der Waals surface area contributed by atoms with Gasteiger partial charge in [0.05, 0.1) is 12.0 Å². The summed E-state index contributed by atoms with van der Waals surface area (Å²) in [5, 5.41) is 9.05. The van der Waals surface area contributed by atoms with Crippen LogP contribution < -0.4 is 5.73 Å². The Kier molecular flexibility index (Phi) is 2.70. The minimum absolute atomic E-state index is 0.00998. The zero-order valence-corrected chi connectivity index (χ0v) is 8.54. The Bertz CT molecular complexity index is 418. The molecule has 1 heterocycles. The van der Waals surface area contributed by atoms with Gasteiger partial charge in [0, 0.05) is 24.7 Å². The summed E-state index contributed by atoms with van der Waals surface area (Å²) in [6.45, 7) is 0. The van der Waals surface area contributed by atoms with Gasteiger partial charge in [0.25, 0.3) is 0 Å². The number of carbonyl (C=O) groups is 2. The van der Waals surface area contributed by atoms with Gasteiger partial charge in [0.1, 0.15) is 0 Å². The van der Waals surface area contributed by atoms with Crippen LogP contribution in [0.15, 0.2) is 24.5 Å². The lowest BCUT2D eigenvalue weighted by atomic mass is 9.88. The zero-order chi connectivity index (χ0) is 11.7. The first-order chi connectivity index (χ1) is 7.61. The molecule has 1 aliphatic rings. The van der Waals surface area contributed by atoms with E-state index in [9.17, 15) is 9.59 Å². The van der Waals surface area contributed by atoms with E-state index in [4.69, 9.17) is 10.8 Å². The molecule has 5 nitrogen and oxygen atoms in total. The molecular formula is C11H12N2O3. The molecule has 0 aromatic carbocycles. The van der Waals surface area contributed by atoms with Crippen molar-refractivity contribution >= 4 is 11.8 Å². The standard InChI is InChI=1S/C11H12N2O3/c12-10-8(14)4-7(11(15)16)9(10)6-2-1-3-13-5-6/h1-3,5,7,9-10H,4,12H2,(H,15,16)/t7-,9+,10?/m0/s1. The van der Waals surface area contributed by atoms with Crippen molar-refractivity contribution in [1.82, 2.24) is 4.98 Å². The molecule has 3 atom stereocenters. The van der Waals surface area contributed by atoms with Crippen molar-refractivity contribution in [2.45, 2.75) is 18.4 Å². The second kappa shape index (κ2) is 4.02. The van der Waals surface area contributed by atoms with Crippen LogP contribution in [0.5, 0.6) is 0 Å². The molecule has 1 aromatic heterocycles. The van der Waals surface area contributed by atoms with E-state index in [-0.39, 0.29) is 12.2 Å². The first kappa shape index (κ1) is 10.8. The molecular weight excluding hydrogens is 208 g/mol. The molecule has 1 saturated carbocycles. The maximum absolute atomic E-state index is 11.5. The largest absolute Gasteiger partial charge is 0.481 e. The SMILES string of the molecule is NC1C(=O)C[C@H](C(=O)O)[C@H]1c1cccnc1. The van der Waals surface area contributed by atoms with Crippen molar-refractivity contribution in [3.63, 3.8) is 0 Å². The van der Waals surface area contributed by atoms with E-state index in [0.717, 1.165) is 0 Å². The van der Waals surface area contributed by atoms with Crippen molar-refractivity contribution in [2.75, 3.05) is 0 Å². The van der Waals surface area contributed by atoms with Crippen LogP contribution in [-0.4, -0.2) is 27.9 Å². The molecule has 0 amide bonds. The second-order valence-corrected chi connectivity index (χ2v) is 3.95. The summed E-state index contributed by atoms with van der Waals surface area (Å²) in [5.41, 5.74) is 6.46. The molecule has 0 radical (unpaired) electrons. The lowest BCUT2D eigenvalue weighted by molar-refractivity contribution is -0.142. The number of Topliss-reactive ketones (excluding diaryl/α,β-unsaturated/α-hetero) is 1. The maximum Gasteiger partial charge on any atom is 0.307 e. The average molecular weight is 220 g/mol. The molecule has 0 aliphatic heterocycles. The third-order valence-corrected chi connectivity index (χ3v) is 3.00. The van der Waals surface area contributed by atoms with Gasteiger partial charge in [-0.2, -0.15) is 0 Å². The molecule has 3 N–H and O–H groups in total. The molecule has 0 saturated heterocycles. The van der Waals surface area contributed by atoms with E-state index in [0.29, 0.717) is 5.56 Å².